The Balaban J connectivity index is 2.80. The maximum absolute atomic E-state index is 14.2. The fourth-order valence-corrected chi connectivity index (χ4v) is 2.47. The quantitative estimate of drug-likeness (QED) is 0.806. The monoisotopic (exact) mass is 330 g/mol. The van der Waals surface area contributed by atoms with Crippen LogP contribution < -0.4 is 0 Å². The molecule has 0 amide bonds. The second-order valence-corrected chi connectivity index (χ2v) is 5.52. The molecule has 0 aliphatic heterocycles. The molecule has 0 heterocycles. The average molecular weight is 330 g/mol. The molecule has 2 aromatic carbocycles. The van der Waals surface area contributed by atoms with E-state index in [1.165, 1.54) is 12.1 Å². The zero-order valence-corrected chi connectivity index (χ0v) is 12.5. The molecule has 23 heavy (non-hydrogen) atoms. The molecule has 0 atom stereocenters. The van der Waals surface area contributed by atoms with Crippen LogP contribution in [0.3, 0.4) is 0 Å². The van der Waals surface area contributed by atoms with Crippen LogP contribution in [0, 0.1) is 13.8 Å². The highest BCUT2D eigenvalue weighted by Gasteiger charge is 2.71. The van der Waals surface area contributed by atoms with Gasteiger partial charge in [-0.25, -0.2) is 0 Å². The second kappa shape index (κ2) is 5.60. The van der Waals surface area contributed by atoms with Crippen LogP contribution in [0.1, 0.15) is 22.3 Å². The van der Waals surface area contributed by atoms with E-state index in [4.69, 9.17) is 0 Å². The minimum atomic E-state index is -5.91. The summed E-state index contributed by atoms with van der Waals surface area (Å²) in [6.45, 7) is 3.10. The van der Waals surface area contributed by atoms with E-state index in [1.54, 1.807) is 26.0 Å². The molecule has 0 aliphatic carbocycles. The van der Waals surface area contributed by atoms with Gasteiger partial charge in [0.05, 0.1) is 0 Å². The Morgan fingerprint density at radius 3 is 1.43 bits per heavy atom. The second-order valence-electron chi connectivity index (χ2n) is 5.52. The van der Waals surface area contributed by atoms with Crippen molar-refractivity contribution in [3.8, 4) is 0 Å². The van der Waals surface area contributed by atoms with Crippen molar-refractivity contribution in [1.29, 1.82) is 0 Å². The first-order chi connectivity index (χ1) is 10.5. The lowest BCUT2D eigenvalue weighted by Gasteiger charge is -2.37. The molecule has 124 valence electrons. The SMILES string of the molecule is Cc1cccc(C(O)(c2cccc(C)c2)C(F)(F)C(F)(F)F)c1. The number of hydrogen-bond donors (Lipinski definition) is 1. The van der Waals surface area contributed by atoms with E-state index in [-0.39, 0.29) is 0 Å². The summed E-state index contributed by atoms with van der Waals surface area (Å²) in [5.41, 5.74) is -3.60. The highest BCUT2D eigenvalue weighted by Crippen LogP contribution is 2.51. The summed E-state index contributed by atoms with van der Waals surface area (Å²) in [4.78, 5) is 0. The third-order valence-corrected chi connectivity index (χ3v) is 3.68. The van der Waals surface area contributed by atoms with Gasteiger partial charge in [0, 0.05) is 0 Å². The fraction of sp³-hybridized carbons (Fsp3) is 0.294. The van der Waals surface area contributed by atoms with Gasteiger partial charge >= 0.3 is 12.1 Å². The average Bonchev–Trinajstić information content (AvgIpc) is 2.45. The van der Waals surface area contributed by atoms with Crippen LogP contribution in [-0.4, -0.2) is 17.2 Å². The molecule has 6 heteroatoms. The van der Waals surface area contributed by atoms with Crippen molar-refractivity contribution in [3.05, 3.63) is 70.8 Å². The van der Waals surface area contributed by atoms with Gasteiger partial charge in [-0.1, -0.05) is 59.7 Å². The van der Waals surface area contributed by atoms with Crippen LogP contribution >= 0.6 is 0 Å². The van der Waals surface area contributed by atoms with Gasteiger partial charge in [-0.05, 0) is 25.0 Å². The number of aliphatic hydroxyl groups is 1. The zero-order chi connectivity index (χ0) is 17.5. The maximum Gasteiger partial charge on any atom is 0.457 e. The van der Waals surface area contributed by atoms with E-state index >= 15 is 0 Å². The number of aryl methyl sites for hydroxylation is 2. The minimum absolute atomic E-state index is 0.464. The predicted molar refractivity (Wildman–Crippen MR) is 76.4 cm³/mol. The number of benzene rings is 2. The lowest BCUT2D eigenvalue weighted by atomic mass is 9.79. The topological polar surface area (TPSA) is 20.2 Å². The molecule has 0 spiro atoms. The Hall–Kier alpha value is -1.95. The molecule has 2 rings (SSSR count). The minimum Gasteiger partial charge on any atom is -0.374 e. The molecule has 0 aliphatic rings. The summed E-state index contributed by atoms with van der Waals surface area (Å²) < 4.78 is 67.5. The first-order valence-corrected chi connectivity index (χ1v) is 6.81. The van der Waals surface area contributed by atoms with E-state index in [1.807, 2.05) is 0 Å². The molecule has 0 saturated heterocycles. The molecular weight excluding hydrogens is 315 g/mol. The van der Waals surface area contributed by atoms with E-state index in [0.717, 1.165) is 24.3 Å². The molecule has 1 N–H and O–H groups in total. The van der Waals surface area contributed by atoms with E-state index in [9.17, 15) is 27.1 Å². The first-order valence-electron chi connectivity index (χ1n) is 6.81. The van der Waals surface area contributed by atoms with Crippen molar-refractivity contribution in [3.63, 3.8) is 0 Å². The summed E-state index contributed by atoms with van der Waals surface area (Å²) in [6.07, 6.45) is -5.91. The third-order valence-electron chi connectivity index (χ3n) is 3.68. The smallest absolute Gasteiger partial charge is 0.374 e. The maximum atomic E-state index is 14.2. The Morgan fingerprint density at radius 2 is 1.13 bits per heavy atom. The molecule has 1 nitrogen and oxygen atoms in total. The number of hydrogen-bond acceptors (Lipinski definition) is 1. The van der Waals surface area contributed by atoms with Gasteiger partial charge in [-0.15, -0.1) is 0 Å². The van der Waals surface area contributed by atoms with Gasteiger partial charge in [-0.2, -0.15) is 22.0 Å². The van der Waals surface area contributed by atoms with Crippen molar-refractivity contribution in [2.24, 2.45) is 0 Å². The molecule has 0 bridgehead atoms. The molecule has 2 aromatic rings. The van der Waals surface area contributed by atoms with Crippen molar-refractivity contribution < 1.29 is 27.1 Å². The number of alkyl halides is 5. The van der Waals surface area contributed by atoms with Gasteiger partial charge < -0.3 is 5.11 Å². The largest absolute Gasteiger partial charge is 0.457 e. The summed E-state index contributed by atoms with van der Waals surface area (Å²) in [7, 11) is 0. The third kappa shape index (κ3) is 2.83. The van der Waals surface area contributed by atoms with E-state index in [2.05, 4.69) is 0 Å². The van der Waals surface area contributed by atoms with Crippen LogP contribution in [0.4, 0.5) is 22.0 Å². The van der Waals surface area contributed by atoms with Gasteiger partial charge in [0.15, 0.2) is 5.60 Å². The molecule has 0 unspecified atom stereocenters. The highest BCUT2D eigenvalue weighted by atomic mass is 19.4. The van der Waals surface area contributed by atoms with E-state index in [0.29, 0.717) is 11.1 Å². The lowest BCUT2D eigenvalue weighted by molar-refractivity contribution is -0.336. The first kappa shape index (κ1) is 17.4. The summed E-state index contributed by atoms with van der Waals surface area (Å²) in [5, 5.41) is 10.6. The van der Waals surface area contributed by atoms with Gasteiger partial charge in [-0.3, -0.25) is 0 Å². The van der Waals surface area contributed by atoms with Crippen LogP contribution in [0.15, 0.2) is 48.5 Å². The van der Waals surface area contributed by atoms with E-state index < -0.39 is 28.8 Å². The van der Waals surface area contributed by atoms with Crippen LogP contribution in [0.2, 0.25) is 0 Å². The zero-order valence-electron chi connectivity index (χ0n) is 12.5. The lowest BCUT2D eigenvalue weighted by Crippen LogP contribution is -2.55. The van der Waals surface area contributed by atoms with Crippen LogP contribution in [0.5, 0.6) is 0 Å². The molecule has 0 aromatic heterocycles. The van der Waals surface area contributed by atoms with Gasteiger partial charge in [0.2, 0.25) is 0 Å². The Morgan fingerprint density at radius 1 is 0.739 bits per heavy atom. The molecular formula is C17H15F5O. The van der Waals surface area contributed by atoms with Crippen molar-refractivity contribution in [1.82, 2.24) is 0 Å². The predicted octanol–water partition coefficient (Wildman–Crippen LogP) is 4.74. The van der Waals surface area contributed by atoms with Crippen LogP contribution in [-0.2, 0) is 5.60 Å². The summed E-state index contributed by atoms with van der Waals surface area (Å²) in [5.74, 6) is -5.36. The standard InChI is InChI=1S/C17H15F5O/c1-11-5-3-7-13(9-11)15(23,16(18,19)17(20,21)22)14-8-4-6-12(2)10-14/h3-10,23H,1-2H3. The van der Waals surface area contributed by atoms with Crippen molar-refractivity contribution in [2.75, 3.05) is 0 Å². The van der Waals surface area contributed by atoms with Gasteiger partial charge in [0.1, 0.15) is 0 Å². The normalized spacial score (nSPS) is 13.2. The molecule has 0 radical (unpaired) electrons. The highest BCUT2D eigenvalue weighted by molar-refractivity contribution is 5.42. The fourth-order valence-electron chi connectivity index (χ4n) is 2.47. The van der Waals surface area contributed by atoms with Crippen molar-refractivity contribution in [2.45, 2.75) is 31.5 Å². The van der Waals surface area contributed by atoms with Gasteiger partial charge in [0.25, 0.3) is 0 Å². The number of halogens is 5. The number of rotatable bonds is 3. The van der Waals surface area contributed by atoms with Crippen LogP contribution in [0.25, 0.3) is 0 Å². The summed E-state index contributed by atoms with van der Waals surface area (Å²) in [6, 6.07) is 10.1. The van der Waals surface area contributed by atoms with Crippen molar-refractivity contribution >= 4 is 0 Å². The summed E-state index contributed by atoms with van der Waals surface area (Å²) >= 11 is 0. The Labute approximate surface area is 130 Å². The Kier molecular flexibility index (Phi) is 4.24. The molecule has 0 saturated carbocycles. The Bertz CT molecular complexity index is 661. The molecule has 0 fully saturated rings.